The molecular formula is C22H33N3O2. The summed E-state index contributed by atoms with van der Waals surface area (Å²) in [4.78, 5) is 29.7. The van der Waals surface area contributed by atoms with Crippen LogP contribution < -0.4 is 5.32 Å². The molecule has 1 N–H and O–H groups in total. The standard InChI is InChI=1S/C22H33N3O2/c1-3-4-12-23-21(26)20-10-7-13-25(16-20)22(27)17(2)24-14-11-18-8-5-6-9-19(18)15-24/h5-6,8-9,17,20H,3-4,7,10-16H2,1-2H3,(H,23,26). The first kappa shape index (κ1) is 19.9. The van der Waals surface area contributed by atoms with Gasteiger partial charge in [0.2, 0.25) is 11.8 Å². The molecule has 1 aromatic carbocycles. The van der Waals surface area contributed by atoms with Gasteiger partial charge in [0.1, 0.15) is 0 Å². The van der Waals surface area contributed by atoms with Gasteiger partial charge in [0.05, 0.1) is 12.0 Å². The van der Waals surface area contributed by atoms with Crippen molar-refractivity contribution in [1.82, 2.24) is 15.1 Å². The van der Waals surface area contributed by atoms with Gasteiger partial charge in [-0.05, 0) is 43.7 Å². The molecule has 1 saturated heterocycles. The van der Waals surface area contributed by atoms with Crippen molar-refractivity contribution in [1.29, 1.82) is 0 Å². The average Bonchev–Trinajstić information content (AvgIpc) is 2.72. The lowest BCUT2D eigenvalue weighted by molar-refractivity contribution is -0.140. The molecule has 5 nitrogen and oxygen atoms in total. The van der Waals surface area contributed by atoms with Gasteiger partial charge in [0.25, 0.3) is 0 Å². The maximum Gasteiger partial charge on any atom is 0.239 e. The van der Waals surface area contributed by atoms with Gasteiger partial charge in [-0.1, -0.05) is 37.6 Å². The highest BCUT2D eigenvalue weighted by atomic mass is 16.2. The first-order chi connectivity index (χ1) is 13.1. The van der Waals surface area contributed by atoms with Crippen LogP contribution in [-0.2, 0) is 22.6 Å². The molecule has 0 aromatic heterocycles. The van der Waals surface area contributed by atoms with Crippen LogP contribution in [0.4, 0.5) is 0 Å². The van der Waals surface area contributed by atoms with E-state index in [-0.39, 0.29) is 23.8 Å². The van der Waals surface area contributed by atoms with Gasteiger partial charge in [-0.15, -0.1) is 0 Å². The summed E-state index contributed by atoms with van der Waals surface area (Å²) < 4.78 is 0. The highest BCUT2D eigenvalue weighted by Gasteiger charge is 2.33. The van der Waals surface area contributed by atoms with Gasteiger partial charge in [-0.2, -0.15) is 0 Å². The van der Waals surface area contributed by atoms with Crippen molar-refractivity contribution in [3.63, 3.8) is 0 Å². The molecule has 148 valence electrons. The number of amides is 2. The number of fused-ring (bicyclic) bond motifs is 1. The van der Waals surface area contributed by atoms with Gasteiger partial charge in [0.15, 0.2) is 0 Å². The van der Waals surface area contributed by atoms with E-state index in [4.69, 9.17) is 0 Å². The zero-order valence-electron chi connectivity index (χ0n) is 16.7. The average molecular weight is 372 g/mol. The van der Waals surface area contributed by atoms with E-state index in [1.807, 2.05) is 11.8 Å². The molecule has 2 unspecified atom stereocenters. The quantitative estimate of drug-likeness (QED) is 0.782. The lowest BCUT2D eigenvalue weighted by Crippen LogP contribution is -2.52. The number of rotatable bonds is 6. The van der Waals surface area contributed by atoms with E-state index in [1.165, 1.54) is 11.1 Å². The minimum absolute atomic E-state index is 0.0613. The summed E-state index contributed by atoms with van der Waals surface area (Å²) in [6, 6.07) is 8.37. The van der Waals surface area contributed by atoms with Gasteiger partial charge < -0.3 is 10.2 Å². The van der Waals surface area contributed by atoms with E-state index in [0.29, 0.717) is 6.54 Å². The number of benzene rings is 1. The molecule has 2 atom stereocenters. The maximum absolute atomic E-state index is 13.1. The summed E-state index contributed by atoms with van der Waals surface area (Å²) in [5.74, 6) is 0.217. The Morgan fingerprint density at radius 1 is 1.22 bits per heavy atom. The molecule has 0 spiro atoms. The number of nitrogens with zero attached hydrogens (tertiary/aromatic N) is 2. The Bertz CT molecular complexity index is 661. The molecule has 2 heterocycles. The van der Waals surface area contributed by atoms with Crippen LogP contribution >= 0.6 is 0 Å². The molecule has 27 heavy (non-hydrogen) atoms. The van der Waals surface area contributed by atoms with Gasteiger partial charge in [0, 0.05) is 32.7 Å². The van der Waals surface area contributed by atoms with E-state index in [0.717, 1.165) is 58.3 Å². The number of piperidine rings is 1. The largest absolute Gasteiger partial charge is 0.356 e. The molecule has 0 radical (unpaired) electrons. The Hall–Kier alpha value is -1.88. The number of nitrogens with one attached hydrogen (secondary N) is 1. The first-order valence-electron chi connectivity index (χ1n) is 10.5. The molecule has 2 amide bonds. The lowest BCUT2D eigenvalue weighted by Gasteiger charge is -2.38. The number of unbranched alkanes of at least 4 members (excludes halogenated alkanes) is 1. The number of carbonyl (C=O) groups is 2. The van der Waals surface area contributed by atoms with E-state index < -0.39 is 0 Å². The van der Waals surface area contributed by atoms with Gasteiger partial charge >= 0.3 is 0 Å². The third-order valence-corrected chi connectivity index (χ3v) is 6.00. The van der Waals surface area contributed by atoms with E-state index in [1.54, 1.807) is 0 Å². The maximum atomic E-state index is 13.1. The van der Waals surface area contributed by atoms with Crippen LogP contribution in [0.1, 0.15) is 50.7 Å². The smallest absolute Gasteiger partial charge is 0.239 e. The fourth-order valence-corrected chi connectivity index (χ4v) is 4.19. The third kappa shape index (κ3) is 4.89. The summed E-state index contributed by atoms with van der Waals surface area (Å²) >= 11 is 0. The van der Waals surface area contributed by atoms with Crippen molar-refractivity contribution in [2.24, 2.45) is 5.92 Å². The molecule has 5 heteroatoms. The van der Waals surface area contributed by atoms with Gasteiger partial charge in [-0.3, -0.25) is 14.5 Å². The normalized spacial score (nSPS) is 21.4. The van der Waals surface area contributed by atoms with Crippen LogP contribution in [0.15, 0.2) is 24.3 Å². The molecule has 0 saturated carbocycles. The molecule has 0 bridgehead atoms. The predicted molar refractivity (Wildman–Crippen MR) is 107 cm³/mol. The van der Waals surface area contributed by atoms with E-state index >= 15 is 0 Å². The fraction of sp³-hybridized carbons (Fsp3) is 0.636. The summed E-state index contributed by atoms with van der Waals surface area (Å²) in [7, 11) is 0. The Balaban J connectivity index is 1.56. The van der Waals surface area contributed by atoms with Crippen molar-refractivity contribution >= 4 is 11.8 Å². The highest BCUT2D eigenvalue weighted by molar-refractivity contribution is 5.84. The molecule has 1 aromatic rings. The van der Waals surface area contributed by atoms with Crippen LogP contribution in [0.2, 0.25) is 0 Å². The number of hydrogen-bond donors (Lipinski definition) is 1. The van der Waals surface area contributed by atoms with Crippen LogP contribution in [0.3, 0.4) is 0 Å². The molecule has 2 aliphatic rings. The summed E-state index contributed by atoms with van der Waals surface area (Å²) in [6.45, 7) is 7.95. The van der Waals surface area contributed by atoms with Crippen molar-refractivity contribution in [3.05, 3.63) is 35.4 Å². The van der Waals surface area contributed by atoms with Crippen LogP contribution in [0.25, 0.3) is 0 Å². The number of carbonyl (C=O) groups excluding carboxylic acids is 2. The van der Waals surface area contributed by atoms with Crippen molar-refractivity contribution in [2.75, 3.05) is 26.2 Å². The molecule has 3 rings (SSSR count). The highest BCUT2D eigenvalue weighted by Crippen LogP contribution is 2.23. The van der Waals surface area contributed by atoms with E-state index in [9.17, 15) is 9.59 Å². The van der Waals surface area contributed by atoms with Crippen LogP contribution in [0, 0.1) is 5.92 Å². The van der Waals surface area contributed by atoms with Crippen molar-refractivity contribution in [2.45, 2.75) is 58.5 Å². The SMILES string of the molecule is CCCCNC(=O)C1CCCN(C(=O)C(C)N2CCc3ccccc3C2)C1. The Morgan fingerprint density at radius 3 is 2.78 bits per heavy atom. The second kappa shape index (κ2) is 9.36. The van der Waals surface area contributed by atoms with Crippen molar-refractivity contribution in [3.8, 4) is 0 Å². The summed E-state index contributed by atoms with van der Waals surface area (Å²) in [6.07, 6.45) is 4.87. The molecule has 1 fully saturated rings. The zero-order valence-corrected chi connectivity index (χ0v) is 16.7. The Labute approximate surface area is 163 Å². The van der Waals surface area contributed by atoms with Crippen LogP contribution in [-0.4, -0.2) is 53.8 Å². The summed E-state index contributed by atoms with van der Waals surface area (Å²) in [5.41, 5.74) is 2.73. The second-order valence-electron chi connectivity index (χ2n) is 7.93. The van der Waals surface area contributed by atoms with E-state index in [2.05, 4.69) is 41.4 Å². The van der Waals surface area contributed by atoms with Crippen LogP contribution in [0.5, 0.6) is 0 Å². The molecule has 0 aliphatic carbocycles. The minimum Gasteiger partial charge on any atom is -0.356 e. The lowest BCUT2D eigenvalue weighted by atomic mass is 9.95. The first-order valence-corrected chi connectivity index (χ1v) is 10.5. The second-order valence-corrected chi connectivity index (χ2v) is 7.93. The molecular weight excluding hydrogens is 338 g/mol. The number of likely N-dealkylation sites (tertiary alicyclic amines) is 1. The fourth-order valence-electron chi connectivity index (χ4n) is 4.19. The monoisotopic (exact) mass is 371 g/mol. The minimum atomic E-state index is -0.139. The molecule has 2 aliphatic heterocycles. The Kier molecular flexibility index (Phi) is 6.89. The summed E-state index contributed by atoms with van der Waals surface area (Å²) in [5, 5.41) is 3.03. The topological polar surface area (TPSA) is 52.7 Å². The zero-order chi connectivity index (χ0) is 19.2. The van der Waals surface area contributed by atoms with Crippen molar-refractivity contribution < 1.29 is 9.59 Å². The predicted octanol–water partition coefficient (Wildman–Crippen LogP) is 2.59. The number of hydrogen-bond acceptors (Lipinski definition) is 3. The van der Waals surface area contributed by atoms with Gasteiger partial charge in [-0.25, -0.2) is 0 Å². The Morgan fingerprint density at radius 2 is 2.00 bits per heavy atom. The third-order valence-electron chi connectivity index (χ3n) is 6.00.